The first-order valence-electron chi connectivity index (χ1n) is 8.47. The molecule has 1 aliphatic heterocycles. The fraction of sp³-hybridized carbons (Fsp3) is 0.250. The van der Waals surface area contributed by atoms with E-state index in [0.717, 1.165) is 16.7 Å². The number of halogens is 3. The van der Waals surface area contributed by atoms with E-state index in [0.29, 0.717) is 5.69 Å². The van der Waals surface area contributed by atoms with Crippen LogP contribution in [0.15, 0.2) is 65.1 Å². The van der Waals surface area contributed by atoms with Crippen molar-refractivity contribution in [2.45, 2.75) is 19.4 Å². The van der Waals surface area contributed by atoms with Gasteiger partial charge >= 0.3 is 15.5 Å². The van der Waals surface area contributed by atoms with Crippen LogP contribution in [0.2, 0.25) is 0 Å². The summed E-state index contributed by atoms with van der Waals surface area (Å²) in [6, 6.07) is 16.5. The number of hydrogen-bond acceptors (Lipinski definition) is 2. The molecule has 0 fully saturated rings. The van der Waals surface area contributed by atoms with Gasteiger partial charge in [0.2, 0.25) is 0 Å². The Morgan fingerprint density at radius 3 is 2.14 bits per heavy atom. The minimum atomic E-state index is -5.69. The lowest BCUT2D eigenvalue weighted by molar-refractivity contribution is -0.0435. The van der Waals surface area contributed by atoms with Crippen LogP contribution in [0, 0.1) is 5.41 Å². The minimum Gasteiger partial charge on any atom is -0.331 e. The summed E-state index contributed by atoms with van der Waals surface area (Å²) in [5.74, 6) is -0.205. The summed E-state index contributed by atoms with van der Waals surface area (Å²) in [5.41, 5.74) is -3.54. The highest BCUT2D eigenvalue weighted by molar-refractivity contribution is 7.91. The summed E-state index contributed by atoms with van der Waals surface area (Å²) in [6.45, 7) is 3.28. The zero-order chi connectivity index (χ0) is 20.7. The lowest BCUT2D eigenvalue weighted by atomic mass is 9.86. The molecule has 2 aromatic rings. The number of hydrogen-bond donors (Lipinski definition) is 0. The van der Waals surface area contributed by atoms with E-state index in [1.165, 1.54) is 11.9 Å². The molecule has 0 saturated heterocycles. The average Bonchev–Trinajstić information content (AvgIpc) is 2.70. The molecule has 0 aliphatic carbocycles. The number of benzene rings is 2. The zero-order valence-corrected chi connectivity index (χ0v) is 16.3. The van der Waals surface area contributed by atoms with Gasteiger partial charge in [-0.1, -0.05) is 54.6 Å². The summed E-state index contributed by atoms with van der Waals surface area (Å²) in [7, 11) is -4.16. The van der Waals surface area contributed by atoms with Crippen LogP contribution >= 0.6 is 0 Å². The highest BCUT2D eigenvalue weighted by Gasteiger charge is 2.48. The van der Waals surface area contributed by atoms with E-state index < -0.39 is 20.9 Å². The first-order chi connectivity index (χ1) is 12.9. The lowest BCUT2D eigenvalue weighted by Gasteiger charge is -2.29. The molecule has 2 aromatic carbocycles. The third-order valence-corrected chi connectivity index (χ3v) is 5.54. The predicted octanol–water partition coefficient (Wildman–Crippen LogP) is 4.84. The summed E-state index contributed by atoms with van der Waals surface area (Å²) in [5, 5.41) is 0. The average molecular weight is 408 g/mol. The van der Waals surface area contributed by atoms with Gasteiger partial charge in [-0.2, -0.15) is 21.6 Å². The van der Waals surface area contributed by atoms with Crippen LogP contribution in [0.5, 0.6) is 0 Å². The highest BCUT2D eigenvalue weighted by atomic mass is 32.2. The van der Waals surface area contributed by atoms with Gasteiger partial charge in [0.05, 0.1) is 0 Å². The molecule has 0 amide bonds. The zero-order valence-electron chi connectivity index (χ0n) is 15.5. The predicted molar refractivity (Wildman–Crippen MR) is 105 cm³/mol. The molecule has 0 unspecified atom stereocenters. The molecule has 1 aliphatic rings. The number of anilines is 1. The molecule has 0 spiro atoms. The van der Waals surface area contributed by atoms with Gasteiger partial charge in [0.15, 0.2) is 0 Å². The van der Waals surface area contributed by atoms with E-state index in [1.54, 1.807) is 32.1 Å². The Hall–Kier alpha value is -2.61. The van der Waals surface area contributed by atoms with Crippen molar-refractivity contribution in [3.8, 4) is 0 Å². The second kappa shape index (κ2) is 6.77. The number of fused-ring (bicyclic) bond motifs is 1. The van der Waals surface area contributed by atoms with E-state index >= 15 is 0 Å². The monoisotopic (exact) mass is 408 g/mol. The van der Waals surface area contributed by atoms with Crippen LogP contribution in [0.1, 0.15) is 25.0 Å². The molecule has 0 radical (unpaired) electrons. The Labute approximate surface area is 162 Å². The maximum absolute atomic E-state index is 13.0. The summed E-state index contributed by atoms with van der Waals surface area (Å²) >= 11 is 0. The van der Waals surface area contributed by atoms with Crippen LogP contribution < -0.4 is 4.90 Å². The molecule has 148 valence electrons. The molecule has 4 nitrogen and oxygen atoms in total. The van der Waals surface area contributed by atoms with Crippen LogP contribution in [0.4, 0.5) is 18.9 Å². The van der Waals surface area contributed by atoms with Gasteiger partial charge in [-0.05, 0) is 31.1 Å². The molecule has 28 heavy (non-hydrogen) atoms. The van der Waals surface area contributed by atoms with Crippen molar-refractivity contribution >= 4 is 27.1 Å². The Bertz CT molecular complexity index is 1060. The van der Waals surface area contributed by atoms with Crippen molar-refractivity contribution in [2.24, 2.45) is 9.81 Å². The molecule has 0 bridgehead atoms. The molecule has 3 rings (SSSR count). The van der Waals surface area contributed by atoms with Gasteiger partial charge < -0.3 is 4.90 Å². The summed E-state index contributed by atoms with van der Waals surface area (Å²) in [4.78, 5) is 1.41. The van der Waals surface area contributed by atoms with Crippen molar-refractivity contribution in [1.82, 2.24) is 0 Å². The van der Waals surface area contributed by atoms with E-state index in [2.05, 4.69) is 4.40 Å². The number of alkyl halides is 3. The number of amidine groups is 1. The molecular weight excluding hydrogens is 389 g/mol. The maximum atomic E-state index is 13.0. The topological polar surface area (TPSA) is 49.7 Å². The van der Waals surface area contributed by atoms with Gasteiger partial charge in [0, 0.05) is 23.7 Å². The fourth-order valence-electron chi connectivity index (χ4n) is 3.24. The number of para-hydroxylation sites is 1. The molecular formula is C20H19F3N2O2S. The minimum absolute atomic E-state index is 0.205. The van der Waals surface area contributed by atoms with Crippen LogP contribution in [0.25, 0.3) is 5.57 Å². The first-order valence-corrected chi connectivity index (χ1v) is 9.91. The Kier molecular flexibility index (Phi) is 4.87. The first kappa shape index (κ1) is 20.1. The summed E-state index contributed by atoms with van der Waals surface area (Å²) < 4.78 is 65.7. The SMILES string of the molecule is CN1/C(=N/S(=O)(=O)C(F)(F)F)C(C)(C)C=C(c2ccccc2)c2ccccc21. The Balaban J connectivity index is 2.32. The molecule has 1 heterocycles. The molecule has 0 aromatic heterocycles. The maximum Gasteiger partial charge on any atom is 0.518 e. The normalized spacial score (nSPS) is 18.4. The Morgan fingerprint density at radius 2 is 1.54 bits per heavy atom. The van der Waals surface area contributed by atoms with Crippen molar-refractivity contribution in [3.05, 3.63) is 71.8 Å². The van der Waals surface area contributed by atoms with E-state index in [1.807, 2.05) is 42.5 Å². The lowest BCUT2D eigenvalue weighted by Crippen LogP contribution is -2.39. The number of sulfonamides is 1. The molecule has 0 N–H and O–H groups in total. The van der Waals surface area contributed by atoms with Gasteiger partial charge in [0.1, 0.15) is 5.84 Å². The van der Waals surface area contributed by atoms with Gasteiger partial charge in [-0.25, -0.2) is 0 Å². The largest absolute Gasteiger partial charge is 0.518 e. The standard InChI is InChI=1S/C20H19F3N2O2S/c1-19(2)13-16(14-9-5-4-6-10-14)15-11-7-8-12-17(15)25(3)18(19)24-28(26,27)20(21,22)23/h4-13H,1-3H3/b24-18+. The second-order valence-electron chi connectivity index (χ2n) is 7.06. The van der Waals surface area contributed by atoms with Crippen molar-refractivity contribution < 1.29 is 21.6 Å². The van der Waals surface area contributed by atoms with Crippen molar-refractivity contribution in [1.29, 1.82) is 0 Å². The van der Waals surface area contributed by atoms with Gasteiger partial charge in [-0.3, -0.25) is 0 Å². The third kappa shape index (κ3) is 3.56. The van der Waals surface area contributed by atoms with E-state index in [4.69, 9.17) is 0 Å². The number of nitrogens with zero attached hydrogens (tertiary/aromatic N) is 2. The second-order valence-corrected chi connectivity index (χ2v) is 8.65. The molecule has 0 saturated carbocycles. The van der Waals surface area contributed by atoms with Crippen LogP contribution in [-0.4, -0.2) is 26.8 Å². The smallest absolute Gasteiger partial charge is 0.331 e. The van der Waals surface area contributed by atoms with Gasteiger partial charge in [0.25, 0.3) is 0 Å². The quantitative estimate of drug-likeness (QED) is 0.714. The Morgan fingerprint density at radius 1 is 0.964 bits per heavy atom. The van der Waals surface area contributed by atoms with E-state index in [9.17, 15) is 21.6 Å². The van der Waals surface area contributed by atoms with Crippen molar-refractivity contribution in [2.75, 3.05) is 11.9 Å². The van der Waals surface area contributed by atoms with Gasteiger partial charge in [-0.15, -0.1) is 4.40 Å². The van der Waals surface area contributed by atoms with Crippen molar-refractivity contribution in [3.63, 3.8) is 0 Å². The highest BCUT2D eigenvalue weighted by Crippen LogP contribution is 2.41. The molecule has 0 atom stereocenters. The number of rotatable bonds is 2. The van der Waals surface area contributed by atoms with Crippen LogP contribution in [0.3, 0.4) is 0 Å². The van der Waals surface area contributed by atoms with Crippen LogP contribution in [-0.2, 0) is 10.0 Å². The third-order valence-electron chi connectivity index (χ3n) is 4.54. The molecule has 8 heteroatoms. The fourth-order valence-corrected chi connectivity index (χ4v) is 3.93. The summed E-state index contributed by atoms with van der Waals surface area (Å²) in [6.07, 6.45) is 1.76. The van der Waals surface area contributed by atoms with E-state index in [-0.39, 0.29) is 5.84 Å².